The molecule has 0 N–H and O–H groups in total. The SMILES string of the molecule is O=C1[C@@H]2[C@@H](C(=O)N1Cc1ccccc1)N1[C@@H](c3ccccc3)[C@@H]3C(=O)N(Cc4ccccc4)C(=O)[C@@H]3N1[C@@H]2c1ccccc1. The summed E-state index contributed by atoms with van der Waals surface area (Å²) in [5.74, 6) is -2.57. The monoisotopic (exact) mass is 582 g/mol. The number of benzene rings is 4. The predicted molar refractivity (Wildman–Crippen MR) is 161 cm³/mol. The Bertz CT molecular complexity index is 1620. The van der Waals surface area contributed by atoms with E-state index in [0.717, 1.165) is 22.3 Å². The van der Waals surface area contributed by atoms with Crippen molar-refractivity contribution in [3.05, 3.63) is 144 Å². The molecule has 0 aliphatic carbocycles. The van der Waals surface area contributed by atoms with Crippen molar-refractivity contribution in [3.8, 4) is 0 Å². The van der Waals surface area contributed by atoms with Crippen LogP contribution in [0.3, 0.4) is 0 Å². The minimum absolute atomic E-state index is 0.173. The summed E-state index contributed by atoms with van der Waals surface area (Å²) < 4.78 is 0. The molecule has 4 heterocycles. The van der Waals surface area contributed by atoms with Crippen LogP contribution in [-0.2, 0) is 32.3 Å². The Morgan fingerprint density at radius 2 is 0.705 bits per heavy atom. The molecule has 4 aromatic carbocycles. The summed E-state index contributed by atoms with van der Waals surface area (Å²) >= 11 is 0. The van der Waals surface area contributed by atoms with Crippen LogP contribution in [0.15, 0.2) is 121 Å². The molecule has 4 aromatic rings. The summed E-state index contributed by atoms with van der Waals surface area (Å²) in [6.07, 6.45) is 0. The Morgan fingerprint density at radius 3 is 1.05 bits per heavy atom. The topological polar surface area (TPSA) is 81.2 Å². The number of hydrogen-bond donors (Lipinski definition) is 0. The van der Waals surface area contributed by atoms with E-state index in [9.17, 15) is 19.2 Å². The van der Waals surface area contributed by atoms with Gasteiger partial charge in [-0.3, -0.25) is 29.0 Å². The molecule has 8 nitrogen and oxygen atoms in total. The second kappa shape index (κ2) is 10.4. The molecular formula is C36H30N4O4. The average molecular weight is 583 g/mol. The Hall–Kier alpha value is -4.92. The number of amides is 4. The number of nitrogens with zero attached hydrogens (tertiary/aromatic N) is 4. The van der Waals surface area contributed by atoms with Crippen LogP contribution in [0.5, 0.6) is 0 Å². The predicted octanol–water partition coefficient (Wildman–Crippen LogP) is 4.12. The van der Waals surface area contributed by atoms with Crippen LogP contribution >= 0.6 is 0 Å². The number of carbonyl (C=O) groups excluding carboxylic acids is 4. The van der Waals surface area contributed by atoms with Crippen LogP contribution in [-0.4, -0.2) is 55.5 Å². The van der Waals surface area contributed by atoms with Crippen molar-refractivity contribution >= 4 is 23.6 Å². The second-order valence-electron chi connectivity index (χ2n) is 11.9. The molecular weight excluding hydrogens is 552 g/mol. The Morgan fingerprint density at radius 1 is 0.386 bits per heavy atom. The molecule has 4 amide bonds. The van der Waals surface area contributed by atoms with Crippen molar-refractivity contribution in [3.63, 3.8) is 0 Å². The Balaban J connectivity index is 1.26. The molecule has 8 rings (SSSR count). The van der Waals surface area contributed by atoms with Gasteiger partial charge in [-0.2, -0.15) is 0 Å². The molecule has 8 heteroatoms. The lowest BCUT2D eigenvalue weighted by molar-refractivity contribution is -0.153. The van der Waals surface area contributed by atoms with Crippen LogP contribution in [0.2, 0.25) is 0 Å². The number of hydrazine groups is 1. The lowest BCUT2D eigenvalue weighted by Gasteiger charge is -2.35. The summed E-state index contributed by atoms with van der Waals surface area (Å²) in [5.41, 5.74) is 3.40. The van der Waals surface area contributed by atoms with Gasteiger partial charge >= 0.3 is 0 Å². The summed E-state index contributed by atoms with van der Waals surface area (Å²) in [6, 6.07) is 35.3. The van der Waals surface area contributed by atoms with E-state index in [1.807, 2.05) is 131 Å². The second-order valence-corrected chi connectivity index (χ2v) is 11.9. The van der Waals surface area contributed by atoms with E-state index in [0.29, 0.717) is 0 Å². The van der Waals surface area contributed by atoms with E-state index in [1.54, 1.807) is 0 Å². The molecule has 0 saturated carbocycles. The van der Waals surface area contributed by atoms with Crippen LogP contribution in [0.25, 0.3) is 0 Å². The number of rotatable bonds is 6. The lowest BCUT2D eigenvalue weighted by Crippen LogP contribution is -2.49. The van der Waals surface area contributed by atoms with Crippen LogP contribution < -0.4 is 0 Å². The van der Waals surface area contributed by atoms with Gasteiger partial charge in [0, 0.05) is 0 Å². The van der Waals surface area contributed by atoms with Gasteiger partial charge < -0.3 is 0 Å². The number of hydrogen-bond acceptors (Lipinski definition) is 6. The molecule has 0 spiro atoms. The first-order chi connectivity index (χ1) is 21.5. The highest BCUT2D eigenvalue weighted by atomic mass is 16.2. The number of imide groups is 2. The van der Waals surface area contributed by atoms with Crippen molar-refractivity contribution in [1.82, 2.24) is 19.8 Å². The first kappa shape index (κ1) is 26.7. The van der Waals surface area contributed by atoms with E-state index in [-0.39, 0.29) is 36.7 Å². The number of carbonyl (C=O) groups is 4. The Labute approximate surface area is 255 Å². The fourth-order valence-electron chi connectivity index (χ4n) is 7.76. The molecule has 4 aliphatic rings. The van der Waals surface area contributed by atoms with Crippen molar-refractivity contribution < 1.29 is 19.2 Å². The molecule has 6 atom stereocenters. The molecule has 218 valence electrons. The molecule has 4 fully saturated rings. The highest BCUT2D eigenvalue weighted by Gasteiger charge is 2.73. The third-order valence-electron chi connectivity index (χ3n) is 9.56. The lowest BCUT2D eigenvalue weighted by atomic mass is 9.84. The van der Waals surface area contributed by atoms with Crippen LogP contribution in [0.4, 0.5) is 0 Å². The zero-order valence-corrected chi connectivity index (χ0v) is 23.8. The maximum atomic E-state index is 14.3. The minimum atomic E-state index is -0.838. The average Bonchev–Trinajstić information content (AvgIpc) is 3.72. The normalized spacial score (nSPS) is 28.1. The van der Waals surface area contributed by atoms with E-state index in [2.05, 4.69) is 0 Å². The third-order valence-corrected chi connectivity index (χ3v) is 9.56. The summed E-state index contributed by atoms with van der Waals surface area (Å²) in [4.78, 5) is 60.0. The van der Waals surface area contributed by atoms with Gasteiger partial charge in [0.05, 0.1) is 37.0 Å². The first-order valence-electron chi connectivity index (χ1n) is 15.0. The van der Waals surface area contributed by atoms with Crippen molar-refractivity contribution in [2.45, 2.75) is 37.3 Å². The summed E-state index contributed by atoms with van der Waals surface area (Å²) in [7, 11) is 0. The molecule has 0 bridgehead atoms. The van der Waals surface area contributed by atoms with Gasteiger partial charge in [0.2, 0.25) is 23.6 Å². The van der Waals surface area contributed by atoms with Crippen molar-refractivity contribution in [2.75, 3.05) is 0 Å². The van der Waals surface area contributed by atoms with Gasteiger partial charge in [0.25, 0.3) is 0 Å². The van der Waals surface area contributed by atoms with Crippen LogP contribution in [0.1, 0.15) is 34.3 Å². The first-order valence-corrected chi connectivity index (χ1v) is 15.0. The fraction of sp³-hybridized carbons (Fsp3) is 0.222. The van der Waals surface area contributed by atoms with Gasteiger partial charge in [-0.05, 0) is 22.3 Å². The largest absolute Gasteiger partial charge is 0.276 e. The Kier molecular flexibility index (Phi) is 6.29. The van der Waals surface area contributed by atoms with Crippen molar-refractivity contribution in [1.29, 1.82) is 0 Å². The zero-order chi connectivity index (χ0) is 29.9. The van der Waals surface area contributed by atoms with Crippen molar-refractivity contribution in [2.24, 2.45) is 11.8 Å². The maximum absolute atomic E-state index is 14.3. The van der Waals surface area contributed by atoms with Gasteiger partial charge in [0.15, 0.2) is 0 Å². The van der Waals surface area contributed by atoms with E-state index in [4.69, 9.17) is 0 Å². The van der Waals surface area contributed by atoms with E-state index in [1.165, 1.54) is 9.80 Å². The molecule has 4 aliphatic heterocycles. The summed E-state index contributed by atoms with van der Waals surface area (Å²) in [6.45, 7) is 0.346. The van der Waals surface area contributed by atoms with Crippen LogP contribution in [0, 0.1) is 11.8 Å². The molecule has 0 aromatic heterocycles. The minimum Gasteiger partial charge on any atom is -0.276 e. The van der Waals surface area contributed by atoms with Gasteiger partial charge in [-0.1, -0.05) is 121 Å². The van der Waals surface area contributed by atoms with E-state index >= 15 is 0 Å². The number of likely N-dealkylation sites (tertiary alicyclic amines) is 2. The zero-order valence-electron chi connectivity index (χ0n) is 23.8. The number of fused-ring (bicyclic) bond motifs is 5. The molecule has 4 saturated heterocycles. The van der Waals surface area contributed by atoms with E-state index < -0.39 is 36.0 Å². The maximum Gasteiger partial charge on any atom is 0.249 e. The highest BCUT2D eigenvalue weighted by molar-refractivity contribution is 6.10. The third kappa shape index (κ3) is 3.91. The smallest absolute Gasteiger partial charge is 0.249 e. The molecule has 44 heavy (non-hydrogen) atoms. The van der Waals surface area contributed by atoms with Gasteiger partial charge in [-0.25, -0.2) is 10.0 Å². The standard InChI is InChI=1S/C36H30N4O4/c41-33-27-29(25-17-9-3-10-18-25)40-32-28(34(42)38(36(32)44)22-24-15-7-2-8-16-24)30(26-19-11-4-12-20-26)39(40)31(27)35(43)37(33)21-23-13-5-1-6-14-23/h1-20,27-32H,21-22H2/t27-,28-,29-,30+,31+,32-/m0/s1. The quantitative estimate of drug-likeness (QED) is 0.318. The van der Waals surface area contributed by atoms with Gasteiger partial charge in [0.1, 0.15) is 12.1 Å². The highest BCUT2D eigenvalue weighted by Crippen LogP contribution is 2.59. The summed E-state index contributed by atoms with van der Waals surface area (Å²) in [5, 5.41) is 3.85. The fourth-order valence-corrected chi connectivity index (χ4v) is 7.76. The molecule has 0 radical (unpaired) electrons. The van der Waals surface area contributed by atoms with Gasteiger partial charge in [-0.15, -0.1) is 0 Å². The molecule has 0 unspecified atom stereocenters.